The molecule has 0 bridgehead atoms. The van der Waals surface area contributed by atoms with E-state index >= 15 is 0 Å². The molecule has 3 aromatic heterocycles. The molecule has 0 atom stereocenters. The van der Waals surface area contributed by atoms with Gasteiger partial charge >= 0.3 is 6.09 Å². The molecule has 4 heterocycles. The van der Waals surface area contributed by atoms with Crippen LogP contribution in [0.4, 0.5) is 10.5 Å². The second kappa shape index (κ2) is 10.3. The molecule has 11 heteroatoms. The molecule has 10 nitrogen and oxygen atoms in total. The number of aromatic nitrogens is 4. The average molecular weight is 551 g/mol. The van der Waals surface area contributed by atoms with Gasteiger partial charge in [0, 0.05) is 41.6 Å². The van der Waals surface area contributed by atoms with Crippen molar-refractivity contribution in [3.63, 3.8) is 0 Å². The van der Waals surface area contributed by atoms with E-state index in [4.69, 9.17) is 20.9 Å². The van der Waals surface area contributed by atoms with Crippen LogP contribution in [0.1, 0.15) is 56.1 Å². The fourth-order valence-corrected chi connectivity index (χ4v) is 4.66. The Balaban J connectivity index is 0.000000186. The number of imidazole rings is 1. The Morgan fingerprint density at radius 3 is 2.59 bits per heavy atom. The minimum absolute atomic E-state index is 0.138. The molecule has 2 amide bonds. The summed E-state index contributed by atoms with van der Waals surface area (Å²) in [5.41, 5.74) is 3.48. The summed E-state index contributed by atoms with van der Waals surface area (Å²) in [6.45, 7) is 9.44. The third-order valence-corrected chi connectivity index (χ3v) is 7.10. The Morgan fingerprint density at radius 2 is 1.92 bits per heavy atom. The summed E-state index contributed by atoms with van der Waals surface area (Å²) in [4.78, 5) is 34.4. The topological polar surface area (TPSA) is 115 Å². The Kier molecular flexibility index (Phi) is 7.07. The summed E-state index contributed by atoms with van der Waals surface area (Å²) >= 11 is 5.95. The number of likely N-dealkylation sites (tertiary alicyclic amines) is 1. The molecule has 1 N–H and O–H groups in total. The van der Waals surface area contributed by atoms with Crippen LogP contribution in [-0.2, 0) is 4.74 Å². The number of rotatable bonds is 3. The number of halogens is 1. The van der Waals surface area contributed by atoms with Gasteiger partial charge in [-0.1, -0.05) is 28.9 Å². The lowest BCUT2D eigenvalue weighted by molar-refractivity contribution is 0.0285. The highest BCUT2D eigenvalue weighted by atomic mass is 35.5. The third kappa shape index (κ3) is 6.22. The van der Waals surface area contributed by atoms with Gasteiger partial charge in [-0.2, -0.15) is 4.98 Å². The summed E-state index contributed by atoms with van der Waals surface area (Å²) in [6.07, 6.45) is 8.12. The second-order valence-corrected chi connectivity index (χ2v) is 11.5. The van der Waals surface area contributed by atoms with Gasteiger partial charge in [0.2, 0.25) is 12.2 Å². The number of carbonyl (C=O) groups is 2. The molecule has 2 fully saturated rings. The minimum atomic E-state index is -0.365. The molecule has 0 unspecified atom stereocenters. The molecular weight excluding hydrogens is 520 g/mol. The Hall–Kier alpha value is -3.92. The predicted octanol–water partition coefficient (Wildman–Crippen LogP) is 6.01. The summed E-state index contributed by atoms with van der Waals surface area (Å²) in [7, 11) is 0. The number of nitrogens with one attached hydrogen (secondary N) is 1. The molecule has 0 radical (unpaired) electrons. The molecule has 1 aliphatic heterocycles. The van der Waals surface area contributed by atoms with Crippen molar-refractivity contribution in [3.8, 4) is 11.4 Å². The SMILES string of the molecule is CC(C)(C)OC(=O)N1CCC2(CC2)C1.Cc1ccc(-c2ncon2)cc1NC(=O)c1cnc2cc(Cl)ccn12. The van der Waals surface area contributed by atoms with Crippen LogP contribution in [-0.4, -0.2) is 55.1 Å². The van der Waals surface area contributed by atoms with Crippen molar-refractivity contribution >= 4 is 34.9 Å². The smallest absolute Gasteiger partial charge is 0.410 e. The van der Waals surface area contributed by atoms with Crippen LogP contribution in [0.3, 0.4) is 0 Å². The van der Waals surface area contributed by atoms with Crippen molar-refractivity contribution in [2.45, 2.75) is 52.6 Å². The number of amides is 2. The van der Waals surface area contributed by atoms with Crippen LogP contribution >= 0.6 is 11.6 Å². The van der Waals surface area contributed by atoms with Crippen molar-refractivity contribution in [3.05, 3.63) is 65.4 Å². The third-order valence-electron chi connectivity index (χ3n) is 6.86. The number of aryl methyl sites for hydroxylation is 1. The van der Waals surface area contributed by atoms with Gasteiger partial charge < -0.3 is 19.5 Å². The van der Waals surface area contributed by atoms with Crippen LogP contribution in [0.2, 0.25) is 5.02 Å². The quantitative estimate of drug-likeness (QED) is 0.332. The Morgan fingerprint density at radius 1 is 1.13 bits per heavy atom. The molecule has 2 aliphatic rings. The maximum absolute atomic E-state index is 12.7. The lowest BCUT2D eigenvalue weighted by Gasteiger charge is -2.24. The van der Waals surface area contributed by atoms with E-state index in [1.54, 1.807) is 28.8 Å². The minimum Gasteiger partial charge on any atom is -0.444 e. The van der Waals surface area contributed by atoms with E-state index in [0.717, 1.165) is 24.2 Å². The standard InChI is InChI=1S/C17H12ClN5O2.C11H19NO2/c1-10-2-3-11(16-20-9-25-22-16)6-13(10)21-17(24)14-8-19-15-7-12(18)4-5-23(14)15;1-10(2,3)14-9(13)12-7-6-11(8-12)4-5-11/h2-9H,1H3,(H,21,24);4-8H2,1-3H3. The van der Waals surface area contributed by atoms with Gasteiger partial charge in [0.1, 0.15) is 16.9 Å². The zero-order valence-corrected chi connectivity index (χ0v) is 23.2. The van der Waals surface area contributed by atoms with Crippen LogP contribution in [0.15, 0.2) is 53.6 Å². The summed E-state index contributed by atoms with van der Waals surface area (Å²) in [5.74, 6) is 0.183. The monoisotopic (exact) mass is 550 g/mol. The predicted molar refractivity (Wildman–Crippen MR) is 147 cm³/mol. The first-order valence-electron chi connectivity index (χ1n) is 12.8. The first-order valence-corrected chi connectivity index (χ1v) is 13.2. The van der Waals surface area contributed by atoms with E-state index in [1.807, 2.05) is 44.7 Å². The van der Waals surface area contributed by atoms with E-state index < -0.39 is 0 Å². The van der Waals surface area contributed by atoms with E-state index in [0.29, 0.717) is 33.3 Å². The number of nitrogens with zero attached hydrogens (tertiary/aromatic N) is 5. The Bertz CT molecular complexity index is 1500. The highest BCUT2D eigenvalue weighted by Crippen LogP contribution is 2.52. The zero-order chi connectivity index (χ0) is 27.8. The van der Waals surface area contributed by atoms with E-state index in [1.165, 1.54) is 31.9 Å². The Labute approximate surface area is 231 Å². The summed E-state index contributed by atoms with van der Waals surface area (Å²) in [6, 6.07) is 8.95. The van der Waals surface area contributed by atoms with Gasteiger partial charge in [-0.15, -0.1) is 0 Å². The highest BCUT2D eigenvalue weighted by molar-refractivity contribution is 6.30. The van der Waals surface area contributed by atoms with Crippen LogP contribution in [0.5, 0.6) is 0 Å². The largest absolute Gasteiger partial charge is 0.444 e. The number of carbonyl (C=O) groups excluding carboxylic acids is 2. The fraction of sp³-hybridized carbons (Fsp3) is 0.393. The molecule has 39 heavy (non-hydrogen) atoms. The molecule has 6 rings (SSSR count). The molecule has 1 aromatic carbocycles. The molecule has 1 saturated carbocycles. The summed E-state index contributed by atoms with van der Waals surface area (Å²) in [5, 5.41) is 7.28. The van der Waals surface area contributed by atoms with Crippen molar-refractivity contribution in [2.75, 3.05) is 18.4 Å². The maximum atomic E-state index is 12.7. The van der Waals surface area contributed by atoms with Crippen molar-refractivity contribution in [2.24, 2.45) is 5.41 Å². The molecule has 1 aliphatic carbocycles. The fourth-order valence-electron chi connectivity index (χ4n) is 4.51. The van der Waals surface area contributed by atoms with Crippen LogP contribution in [0.25, 0.3) is 17.0 Å². The van der Waals surface area contributed by atoms with Crippen LogP contribution < -0.4 is 5.32 Å². The van der Waals surface area contributed by atoms with Crippen molar-refractivity contribution in [1.82, 2.24) is 24.4 Å². The lowest BCUT2D eigenvalue weighted by atomic mass is 10.1. The van der Waals surface area contributed by atoms with Crippen LogP contribution in [0, 0.1) is 12.3 Å². The van der Waals surface area contributed by atoms with Gasteiger partial charge in [0.05, 0.1) is 6.20 Å². The number of fused-ring (bicyclic) bond motifs is 1. The molecule has 4 aromatic rings. The molecule has 1 spiro atoms. The summed E-state index contributed by atoms with van der Waals surface area (Å²) < 4.78 is 11.8. The number of benzene rings is 1. The van der Waals surface area contributed by atoms with Gasteiger partial charge in [0.25, 0.3) is 5.91 Å². The van der Waals surface area contributed by atoms with E-state index in [2.05, 4.69) is 20.4 Å². The number of hydrogen-bond donors (Lipinski definition) is 1. The van der Waals surface area contributed by atoms with Gasteiger partial charge in [-0.25, -0.2) is 9.78 Å². The zero-order valence-electron chi connectivity index (χ0n) is 22.4. The number of hydrogen-bond acceptors (Lipinski definition) is 7. The molecule has 204 valence electrons. The van der Waals surface area contributed by atoms with E-state index in [-0.39, 0.29) is 17.6 Å². The number of ether oxygens (including phenoxy) is 1. The van der Waals surface area contributed by atoms with Gasteiger partial charge in [0.15, 0.2) is 0 Å². The molecular formula is C28H31ClN6O4. The molecule has 1 saturated heterocycles. The van der Waals surface area contributed by atoms with Gasteiger partial charge in [-0.3, -0.25) is 9.20 Å². The average Bonchev–Trinajstić information content (AvgIpc) is 3.26. The maximum Gasteiger partial charge on any atom is 0.410 e. The normalized spacial score (nSPS) is 15.7. The second-order valence-electron chi connectivity index (χ2n) is 11.1. The van der Waals surface area contributed by atoms with Crippen molar-refractivity contribution in [1.29, 1.82) is 0 Å². The van der Waals surface area contributed by atoms with Gasteiger partial charge in [-0.05, 0) is 70.1 Å². The first kappa shape index (κ1) is 26.7. The van der Waals surface area contributed by atoms with E-state index in [9.17, 15) is 9.59 Å². The highest BCUT2D eigenvalue weighted by Gasteiger charge is 2.49. The lowest BCUT2D eigenvalue weighted by Crippen LogP contribution is -2.35. The first-order chi connectivity index (χ1) is 18.5. The van der Waals surface area contributed by atoms with Crippen molar-refractivity contribution < 1.29 is 18.8 Å². The number of anilines is 1. The number of pyridine rings is 1.